The van der Waals surface area contributed by atoms with E-state index in [2.05, 4.69) is 13.8 Å². The van der Waals surface area contributed by atoms with Gasteiger partial charge in [-0.3, -0.25) is 35.1 Å². The summed E-state index contributed by atoms with van der Waals surface area (Å²) in [6, 6.07) is 15.6. The molecule has 0 atom stereocenters. The number of nitriles is 2. The standard InChI is InChI=1S/C44H42N6O9S5/c1-4-6-9-15-36-37(16-10-7-5-2)62-44(61-36)43-60-27(3)38(63-43)26-47(25-28-13-11-8-12-14-28)39(51)17-18-64(58,59)31-21-33-40(29(23-45)24-46)32-19-30(48(52)53)20-34(49(54)55)41(32)42(33)35(22-31)50(56)57/h8,11-14,19-22H,4-7,9-10,15-18,25-26H2,1-3H3. The number of nitrogens with zero attached hydrogens (tertiary/aromatic N) is 6. The van der Waals surface area contributed by atoms with Gasteiger partial charge in [-0.25, -0.2) is 8.42 Å². The number of carbonyl (C=O) groups is 1. The van der Waals surface area contributed by atoms with Crippen molar-refractivity contribution in [3.63, 3.8) is 0 Å². The molecule has 6 rings (SSSR count). The molecule has 20 heteroatoms. The zero-order valence-electron chi connectivity index (χ0n) is 35.1. The largest absolute Gasteiger partial charge is 0.333 e. The fraction of sp³-hybridized carbons (Fsp3) is 0.341. The van der Waals surface area contributed by atoms with E-state index >= 15 is 0 Å². The predicted octanol–water partition coefficient (Wildman–Crippen LogP) is 12.1. The Morgan fingerprint density at radius 1 is 0.719 bits per heavy atom. The number of rotatable bonds is 19. The Hall–Kier alpha value is -5.38. The van der Waals surface area contributed by atoms with Gasteiger partial charge in [-0.2, -0.15) is 10.5 Å². The van der Waals surface area contributed by atoms with Gasteiger partial charge in [-0.1, -0.05) is 117 Å². The van der Waals surface area contributed by atoms with Gasteiger partial charge in [-0.05, 0) is 49.1 Å². The number of allylic oxidation sites excluding steroid dienone is 4. The van der Waals surface area contributed by atoms with E-state index in [0.29, 0.717) is 12.1 Å². The van der Waals surface area contributed by atoms with Crippen LogP contribution in [0.3, 0.4) is 0 Å². The fourth-order valence-electron chi connectivity index (χ4n) is 7.49. The van der Waals surface area contributed by atoms with Crippen LogP contribution < -0.4 is 0 Å². The Labute approximate surface area is 387 Å². The van der Waals surface area contributed by atoms with Crippen LogP contribution >= 0.6 is 47.0 Å². The van der Waals surface area contributed by atoms with Gasteiger partial charge in [-0.15, -0.1) is 0 Å². The average Bonchev–Trinajstić information content (AvgIpc) is 3.95. The molecule has 0 N–H and O–H groups in total. The van der Waals surface area contributed by atoms with Gasteiger partial charge in [0.05, 0.1) is 57.6 Å². The molecule has 0 saturated carbocycles. The maximum Gasteiger partial charge on any atom is 0.284 e. The summed E-state index contributed by atoms with van der Waals surface area (Å²) >= 11 is 7.00. The first-order valence-corrected chi connectivity index (χ1v) is 25.3. The van der Waals surface area contributed by atoms with Gasteiger partial charge >= 0.3 is 0 Å². The molecule has 332 valence electrons. The van der Waals surface area contributed by atoms with Gasteiger partial charge in [0, 0.05) is 56.5 Å². The molecule has 2 heterocycles. The molecular weight excluding hydrogens is 917 g/mol. The molecule has 0 fully saturated rings. The Bertz CT molecular complexity index is 2730. The van der Waals surface area contributed by atoms with Crippen LogP contribution in [0.15, 0.2) is 93.2 Å². The van der Waals surface area contributed by atoms with E-state index in [0.717, 1.165) is 70.3 Å². The number of hydrogen-bond acceptors (Lipinski definition) is 15. The van der Waals surface area contributed by atoms with Gasteiger partial charge in [0.15, 0.2) is 9.84 Å². The molecule has 1 amide bonds. The van der Waals surface area contributed by atoms with Crippen molar-refractivity contribution in [3.05, 3.63) is 135 Å². The Kier molecular flexibility index (Phi) is 15.8. The van der Waals surface area contributed by atoms with Crippen molar-refractivity contribution < 1.29 is 28.0 Å². The minimum Gasteiger partial charge on any atom is -0.333 e. The number of amides is 1. The van der Waals surface area contributed by atoms with Crippen molar-refractivity contribution >= 4 is 85.4 Å². The number of benzene rings is 3. The molecule has 0 bridgehead atoms. The van der Waals surface area contributed by atoms with Gasteiger partial charge < -0.3 is 4.90 Å². The summed E-state index contributed by atoms with van der Waals surface area (Å²) in [6.07, 6.45) is 8.53. The van der Waals surface area contributed by atoms with Crippen LogP contribution in [0.4, 0.5) is 17.1 Å². The lowest BCUT2D eigenvalue weighted by Gasteiger charge is -2.24. The van der Waals surface area contributed by atoms with Crippen LogP contribution in [0.25, 0.3) is 16.7 Å². The summed E-state index contributed by atoms with van der Waals surface area (Å²) in [7, 11) is -4.54. The summed E-state index contributed by atoms with van der Waals surface area (Å²) in [4.78, 5) is 53.7. The lowest BCUT2D eigenvalue weighted by atomic mass is 9.98. The molecule has 3 aromatic rings. The first-order valence-electron chi connectivity index (χ1n) is 20.4. The first-order chi connectivity index (χ1) is 30.6. The van der Waals surface area contributed by atoms with Crippen LogP contribution in [0.1, 0.15) is 95.2 Å². The zero-order chi connectivity index (χ0) is 46.3. The van der Waals surface area contributed by atoms with Crippen molar-refractivity contribution in [2.75, 3.05) is 12.3 Å². The monoisotopic (exact) mass is 958 g/mol. The molecule has 64 heavy (non-hydrogen) atoms. The molecule has 15 nitrogen and oxygen atoms in total. The van der Waals surface area contributed by atoms with Crippen LogP contribution in [-0.4, -0.2) is 46.3 Å². The number of hydrogen-bond donors (Lipinski definition) is 0. The minimum absolute atomic E-state index is 0.175. The smallest absolute Gasteiger partial charge is 0.284 e. The average molecular weight is 959 g/mol. The van der Waals surface area contributed by atoms with Gasteiger partial charge in [0.25, 0.3) is 17.1 Å². The number of thioether (sulfide) groups is 4. The highest BCUT2D eigenvalue weighted by atomic mass is 32.2. The van der Waals surface area contributed by atoms with Crippen molar-refractivity contribution in [1.29, 1.82) is 10.5 Å². The molecule has 0 aromatic heterocycles. The molecule has 1 aliphatic carbocycles. The molecule has 3 aromatic carbocycles. The maximum atomic E-state index is 14.2. The van der Waals surface area contributed by atoms with Crippen LogP contribution in [0.2, 0.25) is 0 Å². The third-order valence-corrected chi connectivity index (χ3v) is 18.3. The van der Waals surface area contributed by atoms with Crippen molar-refractivity contribution in [3.8, 4) is 23.3 Å². The number of carbonyl (C=O) groups excluding carboxylic acids is 1. The Morgan fingerprint density at radius 3 is 1.81 bits per heavy atom. The van der Waals surface area contributed by atoms with E-state index in [1.165, 1.54) is 26.9 Å². The SMILES string of the molecule is CCCCCC1=C(CCCCC)SC(=C2SC(C)=C(CN(Cc3ccccc3)C(=O)CCS(=O)(=O)c3cc4c(c([N+](=O)[O-])c3)-c3c(cc([N+](=O)[O-])cc3[N+](=O)[O-])C4=C(C#N)C#N)S2)S1. The van der Waals surface area contributed by atoms with Crippen molar-refractivity contribution in [1.82, 2.24) is 4.90 Å². The highest BCUT2D eigenvalue weighted by molar-refractivity contribution is 8.34. The summed E-state index contributed by atoms with van der Waals surface area (Å²) < 4.78 is 30.7. The fourth-order valence-corrected chi connectivity index (χ4v) is 14.6. The highest BCUT2D eigenvalue weighted by Crippen LogP contribution is 2.61. The lowest BCUT2D eigenvalue weighted by Crippen LogP contribution is -2.33. The Morgan fingerprint density at radius 2 is 1.27 bits per heavy atom. The second-order valence-corrected chi connectivity index (χ2v) is 22.2. The number of nitro benzene ring substituents is 3. The summed E-state index contributed by atoms with van der Waals surface area (Å²) in [5.74, 6) is -1.28. The van der Waals surface area contributed by atoms with Crippen molar-refractivity contribution in [2.45, 2.75) is 90.0 Å². The molecule has 0 spiro atoms. The summed E-state index contributed by atoms with van der Waals surface area (Å²) in [5.41, 5.74) is -4.64. The van der Waals surface area contributed by atoms with Gasteiger partial charge in [0.2, 0.25) is 5.91 Å². The Balaban J connectivity index is 1.29. The van der Waals surface area contributed by atoms with E-state index in [1.54, 1.807) is 40.6 Å². The second-order valence-electron chi connectivity index (χ2n) is 15.0. The van der Waals surface area contributed by atoms with E-state index < -0.39 is 86.9 Å². The van der Waals surface area contributed by atoms with E-state index in [-0.39, 0.29) is 24.2 Å². The number of unbranched alkanes of at least 4 members (excludes halogenated alkanes) is 4. The quantitative estimate of drug-likeness (QED) is 0.0368. The zero-order valence-corrected chi connectivity index (χ0v) is 39.2. The third-order valence-electron chi connectivity index (χ3n) is 10.7. The third kappa shape index (κ3) is 10.6. The van der Waals surface area contributed by atoms with Crippen LogP contribution in [0.5, 0.6) is 0 Å². The summed E-state index contributed by atoms with van der Waals surface area (Å²) in [5, 5.41) is 56.4. The highest BCUT2D eigenvalue weighted by Gasteiger charge is 2.41. The minimum atomic E-state index is -4.54. The molecule has 0 saturated heterocycles. The van der Waals surface area contributed by atoms with Crippen LogP contribution in [-0.2, 0) is 21.2 Å². The normalized spacial score (nSPS) is 14.4. The first kappa shape index (κ1) is 48.1. The van der Waals surface area contributed by atoms with Crippen molar-refractivity contribution in [2.24, 2.45) is 0 Å². The maximum absolute atomic E-state index is 14.2. The number of non-ortho nitro benzene ring substituents is 1. The van der Waals surface area contributed by atoms with Gasteiger partial charge in [0.1, 0.15) is 17.7 Å². The van der Waals surface area contributed by atoms with E-state index in [1.807, 2.05) is 60.8 Å². The van der Waals surface area contributed by atoms with E-state index in [9.17, 15) is 54.1 Å². The molecular formula is C44H42N6O9S5. The predicted molar refractivity (Wildman–Crippen MR) is 253 cm³/mol. The molecule has 0 radical (unpaired) electrons. The van der Waals surface area contributed by atoms with E-state index in [4.69, 9.17) is 0 Å². The molecule has 3 aliphatic rings. The molecule has 2 aliphatic heterocycles. The molecule has 0 unspecified atom stereocenters. The number of nitro groups is 3. The van der Waals surface area contributed by atoms with Crippen LogP contribution in [0, 0.1) is 53.0 Å². The summed E-state index contributed by atoms with van der Waals surface area (Å²) in [6.45, 7) is 6.79. The topological polar surface area (TPSA) is 231 Å². The number of sulfone groups is 1. The lowest BCUT2D eigenvalue weighted by molar-refractivity contribution is -0.394. The second kappa shape index (κ2) is 21.1. The number of fused-ring (bicyclic) bond motifs is 3.